The van der Waals surface area contributed by atoms with Crippen molar-refractivity contribution in [3.05, 3.63) is 11.9 Å². The maximum absolute atomic E-state index is 10.9. The SMILES string of the molecule is CNC(=O)CCCn1cc(C=O)nn1. The third kappa shape index (κ3) is 2.96. The molecular weight excluding hydrogens is 184 g/mol. The third-order valence-corrected chi connectivity index (χ3v) is 1.75. The van der Waals surface area contributed by atoms with E-state index in [-0.39, 0.29) is 5.91 Å². The zero-order chi connectivity index (χ0) is 10.4. The Bertz CT molecular complexity index is 321. The molecule has 0 fully saturated rings. The summed E-state index contributed by atoms with van der Waals surface area (Å²) in [6.07, 6.45) is 3.33. The highest BCUT2D eigenvalue weighted by Gasteiger charge is 2.00. The predicted octanol–water partition coefficient (Wildman–Crippen LogP) is -0.383. The van der Waals surface area contributed by atoms with Gasteiger partial charge in [0.1, 0.15) is 5.69 Å². The molecule has 1 rings (SSSR count). The van der Waals surface area contributed by atoms with Crippen LogP contribution in [0.1, 0.15) is 23.3 Å². The van der Waals surface area contributed by atoms with Gasteiger partial charge >= 0.3 is 0 Å². The summed E-state index contributed by atoms with van der Waals surface area (Å²) in [5, 5.41) is 9.84. The Morgan fingerprint density at radius 3 is 3.07 bits per heavy atom. The second kappa shape index (κ2) is 5.11. The minimum Gasteiger partial charge on any atom is -0.359 e. The smallest absolute Gasteiger partial charge is 0.219 e. The first-order valence-electron chi connectivity index (χ1n) is 4.32. The third-order valence-electron chi connectivity index (χ3n) is 1.75. The van der Waals surface area contributed by atoms with Crippen molar-refractivity contribution in [3.8, 4) is 0 Å². The van der Waals surface area contributed by atoms with Crippen molar-refractivity contribution in [2.45, 2.75) is 19.4 Å². The molecule has 0 aliphatic carbocycles. The molecule has 0 aliphatic heterocycles. The van der Waals surface area contributed by atoms with E-state index in [1.165, 1.54) is 0 Å². The Morgan fingerprint density at radius 2 is 2.50 bits per heavy atom. The summed E-state index contributed by atoms with van der Waals surface area (Å²) in [6, 6.07) is 0. The van der Waals surface area contributed by atoms with E-state index in [1.54, 1.807) is 17.9 Å². The van der Waals surface area contributed by atoms with Gasteiger partial charge in [-0.2, -0.15) is 0 Å². The Kier molecular flexibility index (Phi) is 3.78. The summed E-state index contributed by atoms with van der Waals surface area (Å²) in [6.45, 7) is 0.592. The minimum atomic E-state index is 0.000672. The molecule has 0 aromatic carbocycles. The van der Waals surface area contributed by atoms with E-state index < -0.39 is 0 Å². The zero-order valence-corrected chi connectivity index (χ0v) is 7.93. The van der Waals surface area contributed by atoms with Gasteiger partial charge in [-0.1, -0.05) is 5.21 Å². The lowest BCUT2D eigenvalue weighted by Crippen LogP contribution is -2.17. The molecule has 1 aromatic rings. The number of hydrogen-bond acceptors (Lipinski definition) is 4. The molecule has 0 unspecified atom stereocenters. The number of amides is 1. The first kappa shape index (κ1) is 10.4. The Hall–Kier alpha value is -1.72. The number of aryl methyl sites for hydroxylation is 1. The summed E-state index contributed by atoms with van der Waals surface area (Å²) in [4.78, 5) is 21.1. The van der Waals surface area contributed by atoms with E-state index in [1.807, 2.05) is 0 Å². The van der Waals surface area contributed by atoms with Crippen LogP contribution in [0.25, 0.3) is 0 Å². The average Bonchev–Trinajstić information content (AvgIpc) is 2.65. The lowest BCUT2D eigenvalue weighted by molar-refractivity contribution is -0.120. The highest BCUT2D eigenvalue weighted by molar-refractivity contribution is 5.75. The van der Waals surface area contributed by atoms with Crippen molar-refractivity contribution >= 4 is 12.2 Å². The molecule has 1 amide bonds. The number of nitrogens with zero attached hydrogens (tertiary/aromatic N) is 3. The Morgan fingerprint density at radius 1 is 1.71 bits per heavy atom. The molecule has 0 aliphatic rings. The van der Waals surface area contributed by atoms with E-state index in [2.05, 4.69) is 15.6 Å². The van der Waals surface area contributed by atoms with Crippen LogP contribution in [0.15, 0.2) is 6.20 Å². The summed E-state index contributed by atoms with van der Waals surface area (Å²) in [5.74, 6) is 0.000672. The molecule has 1 N–H and O–H groups in total. The van der Waals surface area contributed by atoms with Crippen molar-refractivity contribution in [1.82, 2.24) is 20.3 Å². The van der Waals surface area contributed by atoms with Gasteiger partial charge < -0.3 is 5.32 Å². The zero-order valence-electron chi connectivity index (χ0n) is 7.93. The van der Waals surface area contributed by atoms with Gasteiger partial charge in [-0.15, -0.1) is 5.10 Å². The number of hydrogen-bond donors (Lipinski definition) is 1. The molecule has 0 atom stereocenters. The summed E-state index contributed by atoms with van der Waals surface area (Å²) in [5.41, 5.74) is 0.310. The van der Waals surface area contributed by atoms with Crippen molar-refractivity contribution in [2.24, 2.45) is 0 Å². The van der Waals surface area contributed by atoms with Gasteiger partial charge in [-0.3, -0.25) is 14.3 Å². The molecule has 1 aromatic heterocycles. The highest BCUT2D eigenvalue weighted by atomic mass is 16.1. The van der Waals surface area contributed by atoms with Gasteiger partial charge in [-0.25, -0.2) is 0 Å². The van der Waals surface area contributed by atoms with Crippen LogP contribution < -0.4 is 5.32 Å². The summed E-state index contributed by atoms with van der Waals surface area (Å²) in [7, 11) is 1.60. The van der Waals surface area contributed by atoms with Crippen LogP contribution in [-0.2, 0) is 11.3 Å². The molecule has 0 saturated carbocycles. The summed E-state index contributed by atoms with van der Waals surface area (Å²) >= 11 is 0. The van der Waals surface area contributed by atoms with Gasteiger partial charge in [-0.05, 0) is 6.42 Å². The molecule has 0 radical (unpaired) electrons. The van der Waals surface area contributed by atoms with Crippen molar-refractivity contribution in [2.75, 3.05) is 7.05 Å². The number of carbonyl (C=O) groups is 2. The number of carbonyl (C=O) groups excluding carboxylic acids is 2. The molecule has 0 bridgehead atoms. The lowest BCUT2D eigenvalue weighted by Gasteiger charge is -1.99. The maximum Gasteiger partial charge on any atom is 0.219 e. The van der Waals surface area contributed by atoms with Crippen LogP contribution in [0.4, 0.5) is 0 Å². The first-order chi connectivity index (χ1) is 6.76. The van der Waals surface area contributed by atoms with E-state index in [9.17, 15) is 9.59 Å². The van der Waals surface area contributed by atoms with Crippen LogP contribution in [0, 0.1) is 0 Å². The monoisotopic (exact) mass is 196 g/mol. The summed E-state index contributed by atoms with van der Waals surface area (Å²) < 4.78 is 1.55. The minimum absolute atomic E-state index is 0.000672. The van der Waals surface area contributed by atoms with E-state index in [0.29, 0.717) is 31.4 Å². The van der Waals surface area contributed by atoms with Gasteiger partial charge in [0, 0.05) is 20.0 Å². The van der Waals surface area contributed by atoms with Crippen molar-refractivity contribution in [1.29, 1.82) is 0 Å². The quantitative estimate of drug-likeness (QED) is 0.651. The van der Waals surface area contributed by atoms with E-state index in [4.69, 9.17) is 0 Å². The van der Waals surface area contributed by atoms with E-state index >= 15 is 0 Å². The van der Waals surface area contributed by atoms with Crippen LogP contribution in [-0.4, -0.2) is 34.2 Å². The second-order valence-corrected chi connectivity index (χ2v) is 2.80. The number of aromatic nitrogens is 3. The van der Waals surface area contributed by atoms with Crippen LogP contribution >= 0.6 is 0 Å². The number of nitrogens with one attached hydrogen (secondary N) is 1. The average molecular weight is 196 g/mol. The molecule has 14 heavy (non-hydrogen) atoms. The fourth-order valence-electron chi connectivity index (χ4n) is 1.00. The molecule has 1 heterocycles. The first-order valence-corrected chi connectivity index (χ1v) is 4.32. The maximum atomic E-state index is 10.9. The van der Waals surface area contributed by atoms with Crippen molar-refractivity contribution in [3.63, 3.8) is 0 Å². The molecule has 76 valence electrons. The molecular formula is C8H12N4O2. The van der Waals surface area contributed by atoms with Crippen molar-refractivity contribution < 1.29 is 9.59 Å². The van der Waals surface area contributed by atoms with Crippen LogP contribution in [0.5, 0.6) is 0 Å². The number of aldehydes is 1. The van der Waals surface area contributed by atoms with Gasteiger partial charge in [0.25, 0.3) is 0 Å². The Balaban J connectivity index is 2.31. The normalized spacial score (nSPS) is 9.79. The van der Waals surface area contributed by atoms with Crippen LogP contribution in [0.2, 0.25) is 0 Å². The van der Waals surface area contributed by atoms with Gasteiger partial charge in [0.15, 0.2) is 6.29 Å². The Labute approximate surface area is 81.3 Å². The molecule has 6 heteroatoms. The number of rotatable bonds is 5. The largest absolute Gasteiger partial charge is 0.359 e. The topological polar surface area (TPSA) is 76.9 Å². The highest BCUT2D eigenvalue weighted by Crippen LogP contribution is 1.95. The van der Waals surface area contributed by atoms with Gasteiger partial charge in [0.05, 0.1) is 6.20 Å². The fraction of sp³-hybridized carbons (Fsp3) is 0.500. The molecule has 0 spiro atoms. The van der Waals surface area contributed by atoms with Gasteiger partial charge in [0.2, 0.25) is 5.91 Å². The predicted molar refractivity (Wildman–Crippen MR) is 48.7 cm³/mol. The molecule has 0 saturated heterocycles. The lowest BCUT2D eigenvalue weighted by atomic mass is 10.3. The second-order valence-electron chi connectivity index (χ2n) is 2.80. The fourth-order valence-corrected chi connectivity index (χ4v) is 1.00. The van der Waals surface area contributed by atoms with Crippen LogP contribution in [0.3, 0.4) is 0 Å². The van der Waals surface area contributed by atoms with E-state index in [0.717, 1.165) is 0 Å². The standard InChI is InChI=1S/C8H12N4O2/c1-9-8(14)3-2-4-12-5-7(6-13)10-11-12/h5-6H,2-4H2,1H3,(H,9,14). The molecule has 6 nitrogen and oxygen atoms in total.